The van der Waals surface area contributed by atoms with E-state index in [0.29, 0.717) is 17.6 Å². The number of carbonyl (C=O) groups is 1. The van der Waals surface area contributed by atoms with Gasteiger partial charge in [-0.3, -0.25) is 4.79 Å². The minimum atomic E-state index is -0.505. The number of rotatable bonds is 2. The molecule has 1 saturated heterocycles. The second-order valence-electron chi connectivity index (χ2n) is 5.72. The molecule has 3 rings (SSSR count). The van der Waals surface area contributed by atoms with Crippen LogP contribution >= 0.6 is 0 Å². The van der Waals surface area contributed by atoms with Crippen LogP contribution in [0.2, 0.25) is 0 Å². The zero-order valence-corrected chi connectivity index (χ0v) is 12.4. The fourth-order valence-electron chi connectivity index (χ4n) is 3.05. The van der Waals surface area contributed by atoms with Crippen molar-refractivity contribution in [1.82, 2.24) is 19.9 Å². The Morgan fingerprint density at radius 1 is 1.43 bits per heavy atom. The van der Waals surface area contributed by atoms with E-state index in [1.54, 1.807) is 22.6 Å². The molecule has 112 valence electrons. The Morgan fingerprint density at radius 3 is 3.00 bits per heavy atom. The number of aliphatic hydroxyl groups is 1. The number of carbonyl (C=O) groups excluding carboxylic acids is 1. The Kier molecular flexibility index (Phi) is 3.63. The summed E-state index contributed by atoms with van der Waals surface area (Å²) in [5.74, 6) is -0.0341. The van der Waals surface area contributed by atoms with Gasteiger partial charge in [0.15, 0.2) is 0 Å². The van der Waals surface area contributed by atoms with Crippen molar-refractivity contribution in [2.45, 2.75) is 38.3 Å². The molecule has 2 aromatic rings. The number of nitrogens with zero attached hydrogens (tertiary/aromatic N) is 4. The van der Waals surface area contributed by atoms with Crippen LogP contribution in [0.1, 0.15) is 36.5 Å². The molecule has 1 aromatic heterocycles. The third kappa shape index (κ3) is 2.51. The van der Waals surface area contributed by atoms with E-state index < -0.39 is 6.10 Å². The van der Waals surface area contributed by atoms with E-state index in [4.69, 9.17) is 0 Å². The van der Waals surface area contributed by atoms with Crippen LogP contribution in [0.25, 0.3) is 11.0 Å². The lowest BCUT2D eigenvalue weighted by Gasteiger charge is -2.37. The number of piperidine rings is 1. The molecule has 0 bridgehead atoms. The molecule has 0 saturated carbocycles. The maximum absolute atomic E-state index is 12.7. The molecule has 21 heavy (non-hydrogen) atoms. The molecule has 0 spiro atoms. The molecule has 1 aliphatic heterocycles. The van der Waals surface area contributed by atoms with E-state index in [1.807, 2.05) is 19.2 Å². The maximum atomic E-state index is 12.7. The standard InChI is InChI=1S/C15H20N4O2/c1-10(20)13-5-3-4-8-19(13)15(21)11-6-7-14-12(9-11)16-17-18(14)2/h6-7,9-10,13,20H,3-5,8H2,1-2H3. The van der Waals surface area contributed by atoms with Crippen molar-refractivity contribution >= 4 is 16.9 Å². The fourth-order valence-corrected chi connectivity index (χ4v) is 3.05. The van der Waals surface area contributed by atoms with Gasteiger partial charge in [-0.1, -0.05) is 5.21 Å². The average molecular weight is 288 g/mol. The van der Waals surface area contributed by atoms with Crippen molar-refractivity contribution in [2.75, 3.05) is 6.54 Å². The summed E-state index contributed by atoms with van der Waals surface area (Å²) in [6.45, 7) is 2.45. The molecule has 1 amide bonds. The number of fused-ring (bicyclic) bond motifs is 1. The van der Waals surface area contributed by atoms with Gasteiger partial charge in [-0.2, -0.15) is 0 Å². The number of aryl methyl sites for hydroxylation is 1. The lowest BCUT2D eigenvalue weighted by atomic mass is 9.97. The lowest BCUT2D eigenvalue weighted by molar-refractivity contribution is 0.0281. The van der Waals surface area contributed by atoms with Crippen LogP contribution in [0.3, 0.4) is 0 Å². The van der Waals surface area contributed by atoms with Crippen LogP contribution in [-0.2, 0) is 7.05 Å². The molecule has 1 aromatic carbocycles. The van der Waals surface area contributed by atoms with Crippen molar-refractivity contribution in [3.8, 4) is 0 Å². The number of aromatic nitrogens is 3. The minimum absolute atomic E-state index is 0.0341. The van der Waals surface area contributed by atoms with Gasteiger partial charge in [-0.05, 0) is 44.4 Å². The summed E-state index contributed by atoms with van der Waals surface area (Å²) in [7, 11) is 1.82. The van der Waals surface area contributed by atoms with Crippen molar-refractivity contribution in [2.24, 2.45) is 7.05 Å². The topological polar surface area (TPSA) is 71.2 Å². The zero-order valence-electron chi connectivity index (χ0n) is 12.4. The molecule has 2 unspecified atom stereocenters. The maximum Gasteiger partial charge on any atom is 0.254 e. The number of hydrogen-bond donors (Lipinski definition) is 1. The minimum Gasteiger partial charge on any atom is -0.391 e. The van der Waals surface area contributed by atoms with Crippen LogP contribution < -0.4 is 0 Å². The number of likely N-dealkylation sites (tertiary alicyclic amines) is 1. The zero-order chi connectivity index (χ0) is 15.0. The smallest absolute Gasteiger partial charge is 0.254 e. The summed E-state index contributed by atoms with van der Waals surface area (Å²) >= 11 is 0. The van der Waals surface area contributed by atoms with Crippen molar-refractivity contribution in [3.63, 3.8) is 0 Å². The van der Waals surface area contributed by atoms with Gasteiger partial charge < -0.3 is 10.0 Å². The Hall–Kier alpha value is -1.95. The SMILES string of the molecule is CC(O)C1CCCCN1C(=O)c1ccc2c(c1)nnn2C. The summed E-state index contributed by atoms with van der Waals surface area (Å²) in [5, 5.41) is 17.9. The summed E-state index contributed by atoms with van der Waals surface area (Å²) < 4.78 is 1.68. The first kappa shape index (κ1) is 14.0. The molecule has 6 heteroatoms. The summed E-state index contributed by atoms with van der Waals surface area (Å²) in [6.07, 6.45) is 2.40. The van der Waals surface area contributed by atoms with E-state index in [2.05, 4.69) is 10.3 Å². The Morgan fingerprint density at radius 2 is 2.24 bits per heavy atom. The quantitative estimate of drug-likeness (QED) is 0.905. The van der Waals surface area contributed by atoms with E-state index >= 15 is 0 Å². The number of hydrogen-bond acceptors (Lipinski definition) is 4. The third-order valence-electron chi connectivity index (χ3n) is 4.22. The predicted molar refractivity (Wildman–Crippen MR) is 78.9 cm³/mol. The molecular formula is C15H20N4O2. The second kappa shape index (κ2) is 5.44. The lowest BCUT2D eigenvalue weighted by Crippen LogP contribution is -2.48. The van der Waals surface area contributed by atoms with Gasteiger partial charge in [0.2, 0.25) is 0 Å². The van der Waals surface area contributed by atoms with Gasteiger partial charge in [0, 0.05) is 19.2 Å². The van der Waals surface area contributed by atoms with Crippen LogP contribution in [0, 0.1) is 0 Å². The first-order chi connectivity index (χ1) is 10.1. The van der Waals surface area contributed by atoms with Crippen LogP contribution in [0.4, 0.5) is 0 Å². The summed E-state index contributed by atoms with van der Waals surface area (Å²) in [6, 6.07) is 5.35. The first-order valence-electron chi connectivity index (χ1n) is 7.36. The van der Waals surface area contributed by atoms with E-state index in [9.17, 15) is 9.90 Å². The highest BCUT2D eigenvalue weighted by Gasteiger charge is 2.30. The number of benzene rings is 1. The van der Waals surface area contributed by atoms with E-state index in [-0.39, 0.29) is 11.9 Å². The van der Waals surface area contributed by atoms with Crippen LogP contribution in [0.15, 0.2) is 18.2 Å². The molecule has 1 fully saturated rings. The second-order valence-corrected chi connectivity index (χ2v) is 5.72. The molecule has 2 heterocycles. The normalized spacial score (nSPS) is 20.7. The molecule has 6 nitrogen and oxygen atoms in total. The highest BCUT2D eigenvalue weighted by Crippen LogP contribution is 2.23. The first-order valence-corrected chi connectivity index (χ1v) is 7.36. The Balaban J connectivity index is 1.91. The highest BCUT2D eigenvalue weighted by atomic mass is 16.3. The predicted octanol–water partition coefficient (Wildman–Crippen LogP) is 1.34. The van der Waals surface area contributed by atoms with Gasteiger partial charge in [-0.25, -0.2) is 4.68 Å². The number of amides is 1. The fraction of sp³-hybridized carbons (Fsp3) is 0.533. The molecule has 2 atom stereocenters. The van der Waals surface area contributed by atoms with Gasteiger partial charge >= 0.3 is 0 Å². The number of aliphatic hydroxyl groups excluding tert-OH is 1. The van der Waals surface area contributed by atoms with Crippen LogP contribution in [0.5, 0.6) is 0 Å². The van der Waals surface area contributed by atoms with Gasteiger partial charge in [0.05, 0.1) is 17.7 Å². The average Bonchev–Trinajstić information content (AvgIpc) is 2.87. The van der Waals surface area contributed by atoms with Crippen molar-refractivity contribution in [1.29, 1.82) is 0 Å². The molecule has 1 N–H and O–H groups in total. The van der Waals surface area contributed by atoms with Crippen LogP contribution in [-0.4, -0.2) is 49.6 Å². The van der Waals surface area contributed by atoms with Crippen molar-refractivity contribution in [3.05, 3.63) is 23.8 Å². The van der Waals surface area contributed by atoms with E-state index in [0.717, 1.165) is 24.8 Å². The summed E-state index contributed by atoms with van der Waals surface area (Å²) in [5.41, 5.74) is 2.22. The van der Waals surface area contributed by atoms with Gasteiger partial charge in [0.1, 0.15) is 5.52 Å². The van der Waals surface area contributed by atoms with Crippen molar-refractivity contribution < 1.29 is 9.90 Å². The largest absolute Gasteiger partial charge is 0.391 e. The molecule has 0 aliphatic carbocycles. The third-order valence-corrected chi connectivity index (χ3v) is 4.22. The van der Waals surface area contributed by atoms with Gasteiger partial charge in [0.25, 0.3) is 5.91 Å². The summed E-state index contributed by atoms with van der Waals surface area (Å²) in [4.78, 5) is 14.5. The molecule has 1 aliphatic rings. The molecular weight excluding hydrogens is 268 g/mol. The van der Waals surface area contributed by atoms with Gasteiger partial charge in [-0.15, -0.1) is 5.10 Å². The highest BCUT2D eigenvalue weighted by molar-refractivity contribution is 5.97. The monoisotopic (exact) mass is 288 g/mol. The Bertz CT molecular complexity index is 665. The van der Waals surface area contributed by atoms with E-state index in [1.165, 1.54) is 0 Å². The molecule has 0 radical (unpaired) electrons. The Labute approximate surface area is 123 Å².